The fraction of sp³-hybridized carbons (Fsp3) is 0.429. The highest BCUT2D eigenvalue weighted by Crippen LogP contribution is 2.35. The Morgan fingerprint density at radius 3 is 2.91 bits per heavy atom. The lowest BCUT2D eigenvalue weighted by Crippen LogP contribution is -2.39. The quantitative estimate of drug-likeness (QED) is 0.842. The predicted molar refractivity (Wildman–Crippen MR) is 73.7 cm³/mol. The molecule has 0 aromatic carbocycles. The number of thiazole rings is 1. The highest BCUT2D eigenvalue weighted by atomic mass is 32.1. The van der Waals surface area contributed by atoms with E-state index in [1.807, 2.05) is 0 Å². The molecule has 0 N–H and O–H groups in total. The van der Waals surface area contributed by atoms with Crippen LogP contribution < -0.4 is 0 Å². The summed E-state index contributed by atoms with van der Waals surface area (Å²) in [6.45, 7) is 0.979. The maximum absolute atomic E-state index is 12.6. The summed E-state index contributed by atoms with van der Waals surface area (Å²) in [4.78, 5) is 17.6. The summed E-state index contributed by atoms with van der Waals surface area (Å²) >= 11 is 1.01. The van der Waals surface area contributed by atoms with Gasteiger partial charge in [-0.2, -0.15) is 13.2 Å². The van der Waals surface area contributed by atoms with E-state index in [2.05, 4.69) is 4.98 Å². The van der Waals surface area contributed by atoms with Crippen molar-refractivity contribution in [1.82, 2.24) is 9.88 Å². The van der Waals surface area contributed by atoms with Gasteiger partial charge < -0.3 is 9.32 Å². The first-order valence-electron chi connectivity index (χ1n) is 6.79. The van der Waals surface area contributed by atoms with E-state index in [1.54, 1.807) is 11.0 Å². The van der Waals surface area contributed by atoms with Gasteiger partial charge in [-0.05, 0) is 18.9 Å². The van der Waals surface area contributed by atoms with Gasteiger partial charge in [0.1, 0.15) is 6.26 Å². The van der Waals surface area contributed by atoms with E-state index in [1.165, 1.54) is 12.5 Å². The van der Waals surface area contributed by atoms with E-state index in [0.29, 0.717) is 23.7 Å². The van der Waals surface area contributed by atoms with Gasteiger partial charge in [0.25, 0.3) is 5.91 Å². The van der Waals surface area contributed by atoms with Gasteiger partial charge in [-0.25, -0.2) is 4.98 Å². The molecule has 2 aromatic heterocycles. The van der Waals surface area contributed by atoms with E-state index in [-0.39, 0.29) is 11.8 Å². The average Bonchev–Trinajstić information content (AvgIpc) is 3.17. The summed E-state index contributed by atoms with van der Waals surface area (Å²) in [6.07, 6.45) is -0.146. The maximum atomic E-state index is 12.6. The lowest BCUT2D eigenvalue weighted by molar-refractivity contribution is -0.140. The van der Waals surface area contributed by atoms with Crippen LogP contribution in [-0.2, 0) is 6.18 Å². The molecule has 1 saturated heterocycles. The Labute approximate surface area is 128 Å². The number of furan rings is 1. The van der Waals surface area contributed by atoms with Crippen molar-refractivity contribution in [2.75, 3.05) is 13.1 Å². The zero-order valence-corrected chi connectivity index (χ0v) is 12.3. The van der Waals surface area contributed by atoms with Crippen molar-refractivity contribution in [2.24, 2.45) is 0 Å². The van der Waals surface area contributed by atoms with Gasteiger partial charge in [0.2, 0.25) is 0 Å². The highest BCUT2D eigenvalue weighted by Gasteiger charge is 2.35. The molecule has 0 bridgehead atoms. The molecule has 1 unspecified atom stereocenters. The van der Waals surface area contributed by atoms with E-state index >= 15 is 0 Å². The van der Waals surface area contributed by atoms with Crippen molar-refractivity contribution >= 4 is 17.2 Å². The second-order valence-corrected chi connectivity index (χ2v) is 6.06. The minimum absolute atomic E-state index is 0.147. The SMILES string of the molecule is O=C(c1ccoc1)N1CCCC(c2nc(C(F)(F)F)cs2)C1. The van der Waals surface area contributed by atoms with Gasteiger partial charge >= 0.3 is 6.18 Å². The molecule has 0 spiro atoms. The number of hydrogen-bond donors (Lipinski definition) is 0. The summed E-state index contributed by atoms with van der Waals surface area (Å²) in [5.74, 6) is -0.309. The molecule has 118 valence electrons. The monoisotopic (exact) mass is 330 g/mol. The topological polar surface area (TPSA) is 46.3 Å². The molecule has 3 rings (SSSR count). The highest BCUT2D eigenvalue weighted by molar-refractivity contribution is 7.09. The third-order valence-electron chi connectivity index (χ3n) is 3.64. The second-order valence-electron chi connectivity index (χ2n) is 5.17. The average molecular weight is 330 g/mol. The van der Waals surface area contributed by atoms with E-state index in [0.717, 1.165) is 29.6 Å². The summed E-state index contributed by atoms with van der Waals surface area (Å²) in [5, 5.41) is 1.48. The Morgan fingerprint density at radius 1 is 1.45 bits per heavy atom. The fourth-order valence-electron chi connectivity index (χ4n) is 2.54. The number of rotatable bonds is 2. The van der Waals surface area contributed by atoms with Crippen LogP contribution in [0.5, 0.6) is 0 Å². The van der Waals surface area contributed by atoms with Crippen molar-refractivity contribution in [3.8, 4) is 0 Å². The number of nitrogens with zero attached hydrogens (tertiary/aromatic N) is 2. The van der Waals surface area contributed by atoms with Gasteiger partial charge in [-0.1, -0.05) is 0 Å². The third kappa shape index (κ3) is 3.01. The van der Waals surface area contributed by atoms with Crippen LogP contribution in [0.4, 0.5) is 13.2 Å². The first kappa shape index (κ1) is 15.1. The van der Waals surface area contributed by atoms with Crippen LogP contribution in [0.15, 0.2) is 28.4 Å². The molecule has 1 amide bonds. The maximum Gasteiger partial charge on any atom is 0.434 e. The number of halogens is 3. The lowest BCUT2D eigenvalue weighted by Gasteiger charge is -2.31. The number of alkyl halides is 3. The van der Waals surface area contributed by atoms with Crippen molar-refractivity contribution < 1.29 is 22.4 Å². The Balaban J connectivity index is 1.73. The molecule has 3 heterocycles. The summed E-state index contributed by atoms with van der Waals surface area (Å²) in [5.41, 5.74) is -0.401. The van der Waals surface area contributed by atoms with Gasteiger partial charge in [-0.15, -0.1) is 11.3 Å². The Morgan fingerprint density at radius 2 is 2.27 bits per heavy atom. The van der Waals surface area contributed by atoms with Gasteiger partial charge in [-0.3, -0.25) is 4.79 Å². The Hall–Kier alpha value is -1.83. The number of likely N-dealkylation sites (tertiary alicyclic amines) is 1. The minimum atomic E-state index is -4.42. The lowest BCUT2D eigenvalue weighted by atomic mass is 9.98. The third-order valence-corrected chi connectivity index (χ3v) is 4.65. The molecular formula is C14H13F3N2O2S. The molecule has 2 aromatic rings. The number of piperidine rings is 1. The smallest absolute Gasteiger partial charge is 0.434 e. The molecule has 1 fully saturated rings. The van der Waals surface area contributed by atoms with Crippen LogP contribution in [0.1, 0.15) is 39.8 Å². The van der Waals surface area contributed by atoms with Crippen molar-refractivity contribution in [3.63, 3.8) is 0 Å². The van der Waals surface area contributed by atoms with E-state index in [4.69, 9.17) is 4.42 Å². The number of hydrogen-bond acceptors (Lipinski definition) is 4. The summed E-state index contributed by atoms with van der Waals surface area (Å²) < 4.78 is 42.8. The molecule has 4 nitrogen and oxygen atoms in total. The summed E-state index contributed by atoms with van der Waals surface area (Å²) in [7, 11) is 0. The van der Waals surface area contributed by atoms with Gasteiger partial charge in [0.15, 0.2) is 5.69 Å². The van der Waals surface area contributed by atoms with Gasteiger partial charge in [0.05, 0.1) is 16.8 Å². The molecule has 0 aliphatic carbocycles. The molecule has 0 radical (unpaired) electrons. The standard InChI is InChI=1S/C14H13F3N2O2S/c15-14(16,17)11-8-22-12(18-11)9-2-1-4-19(6-9)13(20)10-3-5-21-7-10/h3,5,7-9H,1-2,4,6H2. The van der Waals surface area contributed by atoms with E-state index in [9.17, 15) is 18.0 Å². The molecule has 1 aliphatic rings. The molecular weight excluding hydrogens is 317 g/mol. The van der Waals surface area contributed by atoms with Gasteiger partial charge in [0, 0.05) is 24.4 Å². The molecule has 0 saturated carbocycles. The molecule has 1 atom stereocenters. The largest absolute Gasteiger partial charge is 0.472 e. The molecule has 8 heteroatoms. The predicted octanol–water partition coefficient (Wildman–Crippen LogP) is 3.77. The minimum Gasteiger partial charge on any atom is -0.472 e. The van der Waals surface area contributed by atoms with Crippen molar-refractivity contribution in [2.45, 2.75) is 24.9 Å². The molecule has 1 aliphatic heterocycles. The zero-order chi connectivity index (χ0) is 15.7. The number of carbonyl (C=O) groups excluding carboxylic acids is 1. The first-order chi connectivity index (χ1) is 10.4. The van der Waals surface area contributed by atoms with Crippen LogP contribution in [0.2, 0.25) is 0 Å². The number of carbonyl (C=O) groups is 1. The first-order valence-corrected chi connectivity index (χ1v) is 7.67. The van der Waals surface area contributed by atoms with Crippen LogP contribution in [-0.4, -0.2) is 28.9 Å². The van der Waals surface area contributed by atoms with Crippen LogP contribution >= 0.6 is 11.3 Å². The van der Waals surface area contributed by atoms with Crippen molar-refractivity contribution in [3.05, 3.63) is 40.2 Å². The Bertz CT molecular complexity index is 651. The van der Waals surface area contributed by atoms with Crippen molar-refractivity contribution in [1.29, 1.82) is 0 Å². The second kappa shape index (κ2) is 5.75. The fourth-order valence-corrected chi connectivity index (χ4v) is 3.49. The van der Waals surface area contributed by atoms with Crippen LogP contribution in [0, 0.1) is 0 Å². The zero-order valence-electron chi connectivity index (χ0n) is 11.5. The van der Waals surface area contributed by atoms with E-state index < -0.39 is 11.9 Å². The summed E-state index contributed by atoms with van der Waals surface area (Å²) in [6, 6.07) is 1.58. The van der Waals surface area contributed by atoms with Crippen LogP contribution in [0.3, 0.4) is 0 Å². The normalized spacial score (nSPS) is 19.4. The van der Waals surface area contributed by atoms with Crippen LogP contribution in [0.25, 0.3) is 0 Å². The Kier molecular flexibility index (Phi) is 3.94. The number of amides is 1. The number of aromatic nitrogens is 1. The molecule has 22 heavy (non-hydrogen) atoms.